The van der Waals surface area contributed by atoms with Gasteiger partial charge in [-0.15, -0.1) is 0 Å². The average Bonchev–Trinajstić information content (AvgIpc) is 3.03. The van der Waals surface area contributed by atoms with Gasteiger partial charge >= 0.3 is 0 Å². The van der Waals surface area contributed by atoms with Gasteiger partial charge in [-0.1, -0.05) is 24.3 Å². The van der Waals surface area contributed by atoms with E-state index in [-0.39, 0.29) is 5.91 Å². The second-order valence-electron chi connectivity index (χ2n) is 8.96. The number of amides is 1. The van der Waals surface area contributed by atoms with Crippen molar-refractivity contribution in [1.82, 2.24) is 20.1 Å². The van der Waals surface area contributed by atoms with Crippen LogP contribution in [0.15, 0.2) is 36.4 Å². The minimum Gasteiger partial charge on any atom is -0.354 e. The maximum atomic E-state index is 14.1. The van der Waals surface area contributed by atoms with Gasteiger partial charge < -0.3 is 10.3 Å². The first-order chi connectivity index (χ1) is 15.0. The number of hydrogen-bond acceptors (Lipinski definition) is 3. The Kier molecular flexibility index (Phi) is 5.28. The van der Waals surface area contributed by atoms with Gasteiger partial charge in [-0.25, -0.2) is 4.39 Å². The topological polar surface area (TPSA) is 51.4 Å². The average molecular weight is 421 g/mol. The molecule has 2 aliphatic rings. The van der Waals surface area contributed by atoms with E-state index in [1.54, 1.807) is 0 Å². The Morgan fingerprint density at radius 2 is 1.81 bits per heavy atom. The molecule has 5 nitrogen and oxygen atoms in total. The van der Waals surface area contributed by atoms with Crippen LogP contribution in [-0.4, -0.2) is 59.5 Å². The Labute approximate surface area is 182 Å². The van der Waals surface area contributed by atoms with Gasteiger partial charge in [-0.3, -0.25) is 14.6 Å². The van der Waals surface area contributed by atoms with Gasteiger partial charge in [0.2, 0.25) is 0 Å². The van der Waals surface area contributed by atoms with E-state index < -0.39 is 5.82 Å². The maximum Gasteiger partial charge on any atom is 0.252 e. The Bertz CT molecular complexity index is 1110. The second kappa shape index (κ2) is 8.09. The molecule has 0 unspecified atom stereocenters. The highest BCUT2D eigenvalue weighted by atomic mass is 19.1. The monoisotopic (exact) mass is 420 g/mol. The Hall–Kier alpha value is -2.70. The Balaban J connectivity index is 1.40. The largest absolute Gasteiger partial charge is 0.354 e. The minimum absolute atomic E-state index is 0.207. The number of benzene rings is 2. The lowest BCUT2D eigenvalue weighted by atomic mass is 9.99. The molecule has 0 radical (unpaired) electrons. The number of hydrogen-bond donors (Lipinski definition) is 2. The maximum absolute atomic E-state index is 14.1. The third-order valence-electron chi connectivity index (χ3n) is 6.66. The van der Waals surface area contributed by atoms with Crippen molar-refractivity contribution in [3.63, 3.8) is 0 Å². The molecule has 0 spiro atoms. The van der Waals surface area contributed by atoms with Crippen LogP contribution in [0.4, 0.5) is 4.39 Å². The number of aromatic amines is 1. The molecule has 3 aromatic rings. The molecule has 0 atom stereocenters. The van der Waals surface area contributed by atoms with Gasteiger partial charge in [0.25, 0.3) is 5.91 Å². The summed E-state index contributed by atoms with van der Waals surface area (Å²) in [4.78, 5) is 20.8. The summed E-state index contributed by atoms with van der Waals surface area (Å²) in [6, 6.07) is 12.1. The van der Waals surface area contributed by atoms with Crippen LogP contribution in [0.1, 0.15) is 35.3 Å². The molecule has 1 aromatic heterocycles. The molecule has 31 heavy (non-hydrogen) atoms. The number of halogens is 1. The molecule has 0 bridgehead atoms. The molecule has 2 aromatic carbocycles. The predicted octanol–water partition coefficient (Wildman–Crippen LogP) is 3.79. The van der Waals surface area contributed by atoms with E-state index in [4.69, 9.17) is 0 Å². The minimum atomic E-state index is -0.396. The Morgan fingerprint density at radius 3 is 2.52 bits per heavy atom. The van der Waals surface area contributed by atoms with Gasteiger partial charge in [0.05, 0.1) is 5.56 Å². The summed E-state index contributed by atoms with van der Waals surface area (Å²) in [6.45, 7) is 10.5. The molecule has 1 fully saturated rings. The zero-order valence-corrected chi connectivity index (χ0v) is 18.2. The van der Waals surface area contributed by atoms with Gasteiger partial charge in [0, 0.05) is 61.9 Å². The van der Waals surface area contributed by atoms with Crippen molar-refractivity contribution in [2.24, 2.45) is 0 Å². The van der Waals surface area contributed by atoms with Crippen molar-refractivity contribution >= 4 is 16.8 Å². The molecule has 5 rings (SSSR count). The van der Waals surface area contributed by atoms with Crippen LogP contribution in [0.5, 0.6) is 0 Å². The zero-order chi connectivity index (χ0) is 21.5. The number of piperazine rings is 1. The number of rotatable bonds is 4. The third kappa shape index (κ3) is 3.86. The number of aromatic nitrogens is 1. The molecule has 0 saturated carbocycles. The van der Waals surface area contributed by atoms with Crippen LogP contribution in [0, 0.1) is 5.82 Å². The highest BCUT2D eigenvalue weighted by molar-refractivity contribution is 6.10. The smallest absolute Gasteiger partial charge is 0.252 e. The normalized spacial score (nSPS) is 17.9. The molecule has 2 aliphatic heterocycles. The van der Waals surface area contributed by atoms with E-state index in [9.17, 15) is 9.18 Å². The summed E-state index contributed by atoms with van der Waals surface area (Å²) in [7, 11) is 0. The molecule has 6 heteroatoms. The lowest BCUT2D eigenvalue weighted by Gasteiger charge is -2.36. The van der Waals surface area contributed by atoms with Crippen LogP contribution < -0.4 is 5.32 Å². The van der Waals surface area contributed by atoms with Crippen LogP contribution >= 0.6 is 0 Å². The van der Waals surface area contributed by atoms with Crippen molar-refractivity contribution in [2.75, 3.05) is 32.7 Å². The summed E-state index contributed by atoms with van der Waals surface area (Å²) in [5.74, 6) is -0.603. The highest BCUT2D eigenvalue weighted by Crippen LogP contribution is 2.34. The van der Waals surface area contributed by atoms with Gasteiger partial charge in [-0.2, -0.15) is 0 Å². The van der Waals surface area contributed by atoms with E-state index in [2.05, 4.69) is 58.2 Å². The molecule has 3 heterocycles. The first kappa shape index (κ1) is 20.2. The molecule has 1 saturated heterocycles. The summed E-state index contributed by atoms with van der Waals surface area (Å²) >= 11 is 0. The van der Waals surface area contributed by atoms with Crippen molar-refractivity contribution < 1.29 is 9.18 Å². The van der Waals surface area contributed by atoms with Crippen molar-refractivity contribution in [1.29, 1.82) is 0 Å². The van der Waals surface area contributed by atoms with Crippen LogP contribution in [0.2, 0.25) is 0 Å². The van der Waals surface area contributed by atoms with Crippen LogP contribution in [0.25, 0.3) is 22.2 Å². The lowest BCUT2D eigenvalue weighted by molar-refractivity contribution is 0.0956. The van der Waals surface area contributed by atoms with Crippen LogP contribution in [0.3, 0.4) is 0 Å². The SMILES string of the molecule is CC(C)N1CCN(Cc2ccc(-c3[nH]c4cc(F)cc5c4c3CCNC5=O)cc2)CC1. The molecular weight excluding hydrogens is 391 g/mol. The van der Waals surface area contributed by atoms with E-state index in [0.29, 0.717) is 23.7 Å². The summed E-state index contributed by atoms with van der Waals surface area (Å²) in [5, 5.41) is 3.73. The molecular formula is C25H29FN4O. The fourth-order valence-corrected chi connectivity index (χ4v) is 4.91. The van der Waals surface area contributed by atoms with E-state index in [1.165, 1.54) is 17.7 Å². The summed E-state index contributed by atoms with van der Waals surface area (Å²) in [6.07, 6.45) is 0.724. The molecule has 0 aliphatic carbocycles. The highest BCUT2D eigenvalue weighted by Gasteiger charge is 2.23. The molecule has 162 valence electrons. The molecule has 2 N–H and O–H groups in total. The summed E-state index contributed by atoms with van der Waals surface area (Å²) < 4.78 is 14.1. The standard InChI is InChI=1S/C25H29FN4O/c1-16(2)30-11-9-29(10-12-30)15-17-3-5-18(6-4-17)24-20-7-8-27-25(31)21-13-19(26)14-22(28-24)23(20)21/h3-6,13-14,16,28H,7-12,15H2,1-2H3,(H,27,31). The number of carbonyl (C=O) groups excluding carboxylic acids is 1. The van der Waals surface area contributed by atoms with Crippen molar-refractivity contribution in [3.05, 3.63) is 58.9 Å². The van der Waals surface area contributed by atoms with Gasteiger partial charge in [0.15, 0.2) is 0 Å². The second-order valence-corrected chi connectivity index (χ2v) is 8.96. The predicted molar refractivity (Wildman–Crippen MR) is 122 cm³/mol. The summed E-state index contributed by atoms with van der Waals surface area (Å²) in [5.41, 5.74) is 5.54. The quantitative estimate of drug-likeness (QED) is 0.675. The van der Waals surface area contributed by atoms with E-state index in [0.717, 1.165) is 61.4 Å². The van der Waals surface area contributed by atoms with Gasteiger partial charge in [0.1, 0.15) is 5.82 Å². The first-order valence-corrected chi connectivity index (χ1v) is 11.2. The number of nitrogens with zero attached hydrogens (tertiary/aromatic N) is 2. The fraction of sp³-hybridized carbons (Fsp3) is 0.400. The van der Waals surface area contributed by atoms with Crippen LogP contribution in [-0.2, 0) is 13.0 Å². The number of carbonyl (C=O) groups is 1. The van der Waals surface area contributed by atoms with Gasteiger partial charge in [-0.05, 0) is 49.1 Å². The first-order valence-electron chi connectivity index (χ1n) is 11.2. The number of H-pyrrole nitrogens is 1. The third-order valence-corrected chi connectivity index (χ3v) is 6.66. The zero-order valence-electron chi connectivity index (χ0n) is 18.2. The lowest BCUT2D eigenvalue weighted by Crippen LogP contribution is -2.48. The molecule has 1 amide bonds. The van der Waals surface area contributed by atoms with E-state index in [1.807, 2.05) is 0 Å². The van der Waals surface area contributed by atoms with Crippen molar-refractivity contribution in [2.45, 2.75) is 32.9 Å². The fourth-order valence-electron chi connectivity index (χ4n) is 4.91. The number of nitrogens with one attached hydrogen (secondary N) is 2. The Morgan fingerprint density at radius 1 is 1.06 bits per heavy atom. The van der Waals surface area contributed by atoms with Crippen molar-refractivity contribution in [3.8, 4) is 11.3 Å². The van der Waals surface area contributed by atoms with E-state index >= 15 is 0 Å².